The van der Waals surface area contributed by atoms with Crippen LogP contribution in [0.1, 0.15) is 11.7 Å². The molecule has 1 rings (SSSR count). The monoisotopic (exact) mass is 248 g/mol. The Morgan fingerprint density at radius 1 is 1.77 bits per heavy atom. The van der Waals surface area contributed by atoms with Crippen LogP contribution in [-0.2, 0) is 9.53 Å². The molecule has 0 bridgehead atoms. The highest BCUT2D eigenvalue weighted by Crippen LogP contribution is 2.22. The van der Waals surface area contributed by atoms with Crippen molar-refractivity contribution < 1.29 is 19.1 Å². The first-order valence-electron chi connectivity index (χ1n) is 3.62. The minimum Gasteiger partial charge on any atom is -0.481 e. The van der Waals surface area contributed by atoms with Gasteiger partial charge in [0.25, 0.3) is 0 Å². The SMILES string of the molecule is COCC(C(=O)O)c1ccc(Br)o1. The molecule has 1 atom stereocenters. The fraction of sp³-hybridized carbons (Fsp3) is 0.375. The van der Waals surface area contributed by atoms with Gasteiger partial charge in [-0.3, -0.25) is 4.79 Å². The van der Waals surface area contributed by atoms with E-state index >= 15 is 0 Å². The number of carboxylic acids is 1. The molecule has 1 aromatic rings. The minimum absolute atomic E-state index is 0.106. The second-order valence-electron chi connectivity index (χ2n) is 2.49. The van der Waals surface area contributed by atoms with Crippen molar-refractivity contribution in [3.63, 3.8) is 0 Å². The summed E-state index contributed by atoms with van der Waals surface area (Å²) in [6.07, 6.45) is 0. The first kappa shape index (κ1) is 10.3. The van der Waals surface area contributed by atoms with Crippen molar-refractivity contribution in [2.75, 3.05) is 13.7 Å². The maximum absolute atomic E-state index is 10.7. The van der Waals surface area contributed by atoms with Crippen molar-refractivity contribution >= 4 is 21.9 Å². The molecule has 1 N–H and O–H groups in total. The average molecular weight is 249 g/mol. The molecule has 0 fully saturated rings. The normalized spacial score (nSPS) is 12.8. The lowest BCUT2D eigenvalue weighted by Gasteiger charge is -2.06. The first-order valence-corrected chi connectivity index (χ1v) is 4.41. The lowest BCUT2D eigenvalue weighted by Crippen LogP contribution is -2.16. The topological polar surface area (TPSA) is 59.7 Å². The quantitative estimate of drug-likeness (QED) is 0.884. The van der Waals surface area contributed by atoms with E-state index < -0.39 is 11.9 Å². The molecule has 0 saturated carbocycles. The molecule has 0 radical (unpaired) electrons. The molecule has 0 aliphatic rings. The highest BCUT2D eigenvalue weighted by atomic mass is 79.9. The fourth-order valence-electron chi connectivity index (χ4n) is 0.957. The van der Waals surface area contributed by atoms with Crippen LogP contribution in [0.15, 0.2) is 21.2 Å². The zero-order valence-electron chi connectivity index (χ0n) is 6.99. The number of rotatable bonds is 4. The Morgan fingerprint density at radius 2 is 2.46 bits per heavy atom. The maximum atomic E-state index is 10.7. The van der Waals surface area contributed by atoms with E-state index in [2.05, 4.69) is 15.9 Å². The number of carbonyl (C=O) groups is 1. The summed E-state index contributed by atoms with van der Waals surface area (Å²) in [6.45, 7) is 0.106. The van der Waals surface area contributed by atoms with Gasteiger partial charge in [0.2, 0.25) is 0 Å². The van der Waals surface area contributed by atoms with Gasteiger partial charge in [-0.15, -0.1) is 0 Å². The minimum atomic E-state index is -0.955. The van der Waals surface area contributed by atoms with Crippen LogP contribution < -0.4 is 0 Å². The highest BCUT2D eigenvalue weighted by molar-refractivity contribution is 9.10. The summed E-state index contributed by atoms with van der Waals surface area (Å²) < 4.78 is 10.4. The molecule has 72 valence electrons. The number of furan rings is 1. The van der Waals surface area contributed by atoms with Crippen LogP contribution in [0.25, 0.3) is 0 Å². The zero-order chi connectivity index (χ0) is 9.84. The Labute approximate surface area is 83.6 Å². The molecular formula is C8H9BrO4. The van der Waals surface area contributed by atoms with E-state index in [1.165, 1.54) is 7.11 Å². The summed E-state index contributed by atoms with van der Waals surface area (Å²) in [4.78, 5) is 10.7. The molecule has 0 aliphatic heterocycles. The second kappa shape index (κ2) is 4.43. The molecule has 0 amide bonds. The predicted molar refractivity (Wildman–Crippen MR) is 48.7 cm³/mol. The number of carboxylic acid groups (broad SMARTS) is 1. The van der Waals surface area contributed by atoms with E-state index in [1.807, 2.05) is 0 Å². The van der Waals surface area contributed by atoms with E-state index in [-0.39, 0.29) is 6.61 Å². The summed E-state index contributed by atoms with van der Waals surface area (Å²) in [6, 6.07) is 3.27. The van der Waals surface area contributed by atoms with Gasteiger partial charge in [0.05, 0.1) is 6.61 Å². The van der Waals surface area contributed by atoms with E-state index in [4.69, 9.17) is 14.3 Å². The van der Waals surface area contributed by atoms with E-state index in [9.17, 15) is 4.79 Å². The van der Waals surface area contributed by atoms with Gasteiger partial charge in [0, 0.05) is 7.11 Å². The van der Waals surface area contributed by atoms with E-state index in [1.54, 1.807) is 12.1 Å². The molecule has 0 aromatic carbocycles. The third kappa shape index (κ3) is 2.57. The lowest BCUT2D eigenvalue weighted by molar-refractivity contribution is -0.140. The van der Waals surface area contributed by atoms with Crippen molar-refractivity contribution in [2.24, 2.45) is 0 Å². The molecule has 1 unspecified atom stereocenters. The summed E-state index contributed by atoms with van der Waals surface area (Å²) in [5.41, 5.74) is 0. The van der Waals surface area contributed by atoms with Gasteiger partial charge in [0.1, 0.15) is 11.7 Å². The second-order valence-corrected chi connectivity index (χ2v) is 3.27. The van der Waals surface area contributed by atoms with Gasteiger partial charge in [-0.25, -0.2) is 0 Å². The third-order valence-corrected chi connectivity index (χ3v) is 2.00. The Kier molecular flexibility index (Phi) is 3.50. The van der Waals surface area contributed by atoms with E-state index in [0.29, 0.717) is 10.4 Å². The van der Waals surface area contributed by atoms with Crippen molar-refractivity contribution in [1.82, 2.24) is 0 Å². The summed E-state index contributed by atoms with van der Waals surface area (Å²) in [5.74, 6) is -1.30. The van der Waals surface area contributed by atoms with Crippen LogP contribution in [-0.4, -0.2) is 24.8 Å². The standard InChI is InChI=1S/C8H9BrO4/c1-12-4-5(8(10)11)6-2-3-7(9)13-6/h2-3,5H,4H2,1H3,(H,10,11). The molecule has 1 heterocycles. The smallest absolute Gasteiger partial charge is 0.316 e. The predicted octanol–water partition coefficient (Wildman–Crippen LogP) is 1.86. The van der Waals surface area contributed by atoms with Gasteiger partial charge in [0.15, 0.2) is 4.67 Å². The Bertz CT molecular complexity index is 294. The van der Waals surface area contributed by atoms with Crippen molar-refractivity contribution in [3.05, 3.63) is 22.6 Å². The first-order chi connectivity index (χ1) is 6.15. The number of hydrogen-bond donors (Lipinski definition) is 1. The summed E-state index contributed by atoms with van der Waals surface area (Å²) in [5, 5.41) is 8.81. The van der Waals surface area contributed by atoms with Crippen molar-refractivity contribution in [2.45, 2.75) is 5.92 Å². The molecule has 5 heteroatoms. The van der Waals surface area contributed by atoms with Gasteiger partial charge in [-0.1, -0.05) is 0 Å². The fourth-order valence-corrected chi connectivity index (χ4v) is 1.28. The van der Waals surface area contributed by atoms with Gasteiger partial charge >= 0.3 is 5.97 Å². The Balaban J connectivity index is 2.81. The zero-order valence-corrected chi connectivity index (χ0v) is 8.58. The summed E-state index contributed by atoms with van der Waals surface area (Å²) in [7, 11) is 1.45. The molecular weight excluding hydrogens is 240 g/mol. The largest absolute Gasteiger partial charge is 0.481 e. The molecule has 0 spiro atoms. The number of aliphatic carboxylic acids is 1. The molecule has 1 aromatic heterocycles. The Hall–Kier alpha value is -0.810. The molecule has 0 saturated heterocycles. The number of hydrogen-bond acceptors (Lipinski definition) is 3. The average Bonchev–Trinajstić information content (AvgIpc) is 2.46. The van der Waals surface area contributed by atoms with Gasteiger partial charge < -0.3 is 14.3 Å². The van der Waals surface area contributed by atoms with Crippen LogP contribution in [0, 0.1) is 0 Å². The van der Waals surface area contributed by atoms with Gasteiger partial charge in [-0.2, -0.15) is 0 Å². The number of halogens is 1. The van der Waals surface area contributed by atoms with Crippen LogP contribution in [0.2, 0.25) is 0 Å². The van der Waals surface area contributed by atoms with Crippen LogP contribution in [0.4, 0.5) is 0 Å². The van der Waals surface area contributed by atoms with Crippen LogP contribution in [0.5, 0.6) is 0 Å². The Morgan fingerprint density at radius 3 is 2.85 bits per heavy atom. The molecule has 0 aliphatic carbocycles. The van der Waals surface area contributed by atoms with Crippen molar-refractivity contribution in [3.8, 4) is 0 Å². The van der Waals surface area contributed by atoms with Crippen LogP contribution in [0.3, 0.4) is 0 Å². The van der Waals surface area contributed by atoms with Crippen molar-refractivity contribution in [1.29, 1.82) is 0 Å². The maximum Gasteiger partial charge on any atom is 0.316 e. The number of ether oxygens (including phenoxy) is 1. The third-order valence-electron chi connectivity index (χ3n) is 1.57. The molecule has 4 nitrogen and oxygen atoms in total. The summed E-state index contributed by atoms with van der Waals surface area (Å²) >= 11 is 3.10. The van der Waals surface area contributed by atoms with Gasteiger partial charge in [-0.05, 0) is 28.1 Å². The van der Waals surface area contributed by atoms with Crippen LogP contribution >= 0.6 is 15.9 Å². The molecule has 13 heavy (non-hydrogen) atoms. The van der Waals surface area contributed by atoms with E-state index in [0.717, 1.165) is 0 Å². The number of methoxy groups -OCH3 is 1. The highest BCUT2D eigenvalue weighted by Gasteiger charge is 2.22. The lowest BCUT2D eigenvalue weighted by atomic mass is 10.1.